The lowest BCUT2D eigenvalue weighted by atomic mass is 10.1. The number of aromatic nitrogens is 3. The Labute approximate surface area is 433 Å². The van der Waals surface area contributed by atoms with Crippen molar-refractivity contribution < 1.29 is 69.6 Å². The first-order valence-electron chi connectivity index (χ1n) is 23.7. The van der Waals surface area contributed by atoms with Gasteiger partial charge in [-0.2, -0.15) is 25.6 Å². The van der Waals surface area contributed by atoms with Gasteiger partial charge in [0.05, 0.1) is 35.7 Å². The molecular formula is C54H76N7O13+. The number of fused-ring (bicyclic) bond motifs is 3. The van der Waals surface area contributed by atoms with E-state index in [9.17, 15) is 14.7 Å². The largest absolute Gasteiger partial charge is 0.508 e. The van der Waals surface area contributed by atoms with E-state index in [0.717, 1.165) is 66.7 Å². The second kappa shape index (κ2) is 43.4. The van der Waals surface area contributed by atoms with Crippen LogP contribution in [0.15, 0.2) is 136 Å². The number of aryl methyl sites for hydroxylation is 2. The minimum atomic E-state index is -1.82. The summed E-state index contributed by atoms with van der Waals surface area (Å²) in [5.41, 5.74) is 9.59. The highest BCUT2D eigenvalue weighted by Gasteiger charge is 2.14. The van der Waals surface area contributed by atoms with Crippen LogP contribution in [0.25, 0.3) is 16.7 Å². The molecule has 74 heavy (non-hydrogen) atoms. The van der Waals surface area contributed by atoms with E-state index in [1.807, 2.05) is 102 Å². The third kappa shape index (κ3) is 34.8. The average molecular weight is 1030 g/mol. The number of hydrogen-bond donors (Lipinski definition) is 7. The maximum atomic E-state index is 9.52. The fourth-order valence-corrected chi connectivity index (χ4v) is 4.86. The Hall–Kier alpha value is -8.39. The van der Waals surface area contributed by atoms with Gasteiger partial charge in [-0.3, -0.25) is 14.4 Å². The quantitative estimate of drug-likeness (QED) is 0.0603. The highest BCUT2D eigenvalue weighted by Crippen LogP contribution is 2.27. The summed E-state index contributed by atoms with van der Waals surface area (Å²) in [5, 5.41) is 79.0. The van der Waals surface area contributed by atoms with E-state index in [2.05, 4.69) is 83.5 Å². The molecular weight excluding hydrogens is 955 g/mol. The number of phenols is 2. The van der Waals surface area contributed by atoms with Crippen molar-refractivity contribution in [1.29, 1.82) is 0 Å². The van der Waals surface area contributed by atoms with Gasteiger partial charge in [-0.05, 0) is 86.9 Å². The van der Waals surface area contributed by atoms with E-state index < -0.39 is 36.3 Å². The summed E-state index contributed by atoms with van der Waals surface area (Å²) in [6, 6.07) is 36.0. The van der Waals surface area contributed by atoms with Gasteiger partial charge in [-0.1, -0.05) is 127 Å². The molecule has 404 valence electrons. The van der Waals surface area contributed by atoms with Crippen molar-refractivity contribution in [1.82, 2.24) is 9.90 Å². The number of para-hydroxylation sites is 2. The predicted molar refractivity (Wildman–Crippen MR) is 285 cm³/mol. The molecule has 5 aromatic carbocycles. The van der Waals surface area contributed by atoms with Gasteiger partial charge in [-0.15, -0.1) is 0 Å². The van der Waals surface area contributed by atoms with E-state index >= 15 is 0 Å². The Morgan fingerprint density at radius 3 is 1.55 bits per heavy atom. The van der Waals surface area contributed by atoms with Gasteiger partial charge in [0, 0.05) is 30.7 Å². The summed E-state index contributed by atoms with van der Waals surface area (Å²) < 4.78 is 5.19. The maximum Gasteiger partial charge on any atom is 0.414 e. The van der Waals surface area contributed by atoms with E-state index in [1.165, 1.54) is 23.1 Å². The predicted octanol–water partition coefficient (Wildman–Crippen LogP) is 12.2. The summed E-state index contributed by atoms with van der Waals surface area (Å²) in [4.78, 5) is 47.7. The molecule has 20 heteroatoms. The molecule has 1 atom stereocenters. The Kier molecular flexibility index (Phi) is 41.0. The van der Waals surface area contributed by atoms with Crippen molar-refractivity contribution in [2.45, 2.75) is 122 Å². The summed E-state index contributed by atoms with van der Waals surface area (Å²) in [5.74, 6) is -6.55. The van der Waals surface area contributed by atoms with Crippen LogP contribution in [0, 0.1) is 13.8 Å². The highest BCUT2D eigenvalue weighted by molar-refractivity contribution is 6.27. The third-order valence-corrected chi connectivity index (χ3v) is 8.09. The monoisotopic (exact) mass is 1030 g/mol. The van der Waals surface area contributed by atoms with Crippen LogP contribution in [0.4, 0.5) is 11.4 Å². The van der Waals surface area contributed by atoms with Crippen LogP contribution in [0.2, 0.25) is 0 Å². The molecule has 0 spiro atoms. The fraction of sp³-hybridized carbons (Fsp3) is 0.352. The van der Waals surface area contributed by atoms with E-state index in [4.69, 9.17) is 49.8 Å². The summed E-state index contributed by atoms with van der Waals surface area (Å²) in [6.45, 7) is 26.0. The van der Waals surface area contributed by atoms with Gasteiger partial charge in [0.25, 0.3) is 5.97 Å². The molecule has 0 fully saturated rings. The number of nitrogens with one attached hydrogen (secondary N) is 1. The molecule has 0 aliphatic carbocycles. The zero-order valence-electron chi connectivity index (χ0n) is 44.6. The maximum absolute atomic E-state index is 9.52. The molecule has 6 aromatic rings. The zero-order chi connectivity index (χ0) is 57.0. The number of azo groups is 2. The first-order valence-corrected chi connectivity index (χ1v) is 23.7. The highest BCUT2D eigenvalue weighted by atomic mass is 16.5. The molecule has 0 bridgehead atoms. The molecule has 0 saturated heterocycles. The Morgan fingerprint density at radius 1 is 0.635 bits per heavy atom. The second-order valence-corrected chi connectivity index (χ2v) is 14.4. The fourth-order valence-electron chi connectivity index (χ4n) is 4.86. The third-order valence-electron chi connectivity index (χ3n) is 8.09. The summed E-state index contributed by atoms with van der Waals surface area (Å²) in [6.07, 6.45) is 2.01. The molecule has 3 heterocycles. The van der Waals surface area contributed by atoms with Crippen LogP contribution >= 0.6 is 0 Å². The van der Waals surface area contributed by atoms with Crippen molar-refractivity contribution >= 4 is 52.3 Å². The van der Waals surface area contributed by atoms with Crippen molar-refractivity contribution in [2.24, 2.45) is 20.5 Å². The Bertz CT molecular complexity index is 2510. The zero-order valence-corrected chi connectivity index (χ0v) is 44.6. The lowest BCUT2D eigenvalue weighted by Crippen LogP contribution is -2.18. The van der Waals surface area contributed by atoms with Crippen LogP contribution in [0.3, 0.4) is 0 Å². The molecule has 20 nitrogen and oxygen atoms in total. The van der Waals surface area contributed by atoms with E-state index in [-0.39, 0.29) is 5.75 Å². The first-order chi connectivity index (χ1) is 35.2. The van der Waals surface area contributed by atoms with Crippen molar-refractivity contribution in [3.63, 3.8) is 0 Å². The molecule has 8 rings (SSSR count). The van der Waals surface area contributed by atoms with Gasteiger partial charge in [0.2, 0.25) is 5.52 Å². The summed E-state index contributed by atoms with van der Waals surface area (Å²) in [7, 11) is 0. The molecule has 0 amide bonds. The normalized spacial score (nSPS) is 10.3. The number of nitrogens with zero attached hydrogens (tertiary/aromatic N) is 6. The number of carbonyl (C=O) groups is 5. The molecule has 2 aliphatic rings. The van der Waals surface area contributed by atoms with Crippen LogP contribution in [0.5, 0.6) is 11.5 Å². The lowest BCUT2D eigenvalue weighted by molar-refractivity contribution is -0.454. The first kappa shape index (κ1) is 69.9. The molecule has 1 aromatic heterocycles. The number of aromatic hydroxyl groups is 2. The van der Waals surface area contributed by atoms with Gasteiger partial charge in [0.1, 0.15) is 23.6 Å². The SMILES string of the molecule is CC.CC.CC(=O)O.CCC.CCOC(C)CC.Cc1ccc(O)cc1-n1nc2ccccc2[nH+]1.Cc1ccc2c(c1)CN=N2.O=C(O)C(=O)O.O=C(O)CC(=O)O.Oc1ccccc1.c1ccc2c(c1)CN=N2. The Morgan fingerprint density at radius 2 is 1.12 bits per heavy atom. The number of hydrogen-bond acceptors (Lipinski definition) is 13. The smallest absolute Gasteiger partial charge is 0.414 e. The number of rotatable bonds is 6. The standard InChI is InChI=1S/C13H11N3O.C8H8N2.C7H6N2.C6H6O.C6H14O.C3H4O4.C3H8.C2H2O4.C2H4O2.2C2H6/c1-9-6-7-10(17)8-13(9)16-14-11-4-2-3-5-12(11)15-16;1-6-2-3-8-7(4-6)5-9-10-8;1-2-4-7-6(3-1)5-8-9-7;7-6-4-2-1-3-5-6;1-4-6(3)7-5-2;4-2(5)1-3(6)7;1-3-2;3-1(4)2(5)6;1-2(3)4;2*1-2/h2-8,17H,1H3;2-4H,5H2,1H3;1-4H,5H2;1-5,7H;6H,4-5H2,1-3H3;1H2,(H,4,5)(H,6,7);3H2,1-2H3;(H,3,4)(H,5,6);1H3,(H,3,4);2*1-2H3/p+1. The van der Waals surface area contributed by atoms with Gasteiger partial charge >= 0.3 is 23.9 Å². The number of carboxylic acid groups (broad SMARTS) is 5. The number of aromatic amines is 1. The van der Waals surface area contributed by atoms with E-state index in [1.54, 1.807) is 41.2 Å². The number of aliphatic carboxylic acids is 5. The topological polar surface area (TPSA) is 318 Å². The van der Waals surface area contributed by atoms with Gasteiger partial charge in [0.15, 0.2) is 5.52 Å². The van der Waals surface area contributed by atoms with Crippen LogP contribution in [-0.4, -0.2) is 88.2 Å². The van der Waals surface area contributed by atoms with Crippen LogP contribution in [-0.2, 0) is 41.8 Å². The number of benzene rings is 5. The Balaban J connectivity index is -0.000000792. The lowest BCUT2D eigenvalue weighted by Gasteiger charge is -2.05. The molecule has 2 aliphatic heterocycles. The number of ether oxygens (including phenoxy) is 1. The number of carboxylic acids is 5. The van der Waals surface area contributed by atoms with Crippen LogP contribution < -0.4 is 5.10 Å². The minimum absolute atomic E-state index is 0.235. The minimum Gasteiger partial charge on any atom is -0.508 e. The van der Waals surface area contributed by atoms with Crippen LogP contribution in [0.1, 0.15) is 111 Å². The number of phenolic OH excluding ortho intramolecular Hbond substituents is 2. The molecule has 0 saturated carbocycles. The molecule has 8 N–H and O–H groups in total. The van der Waals surface area contributed by atoms with Crippen molar-refractivity contribution in [2.75, 3.05) is 6.61 Å². The van der Waals surface area contributed by atoms with E-state index in [0.29, 0.717) is 11.9 Å². The number of H-pyrrole nitrogens is 1. The van der Waals surface area contributed by atoms with Crippen molar-refractivity contribution in [3.05, 3.63) is 138 Å². The second-order valence-electron chi connectivity index (χ2n) is 14.4. The van der Waals surface area contributed by atoms with Gasteiger partial charge < -0.3 is 40.5 Å². The summed E-state index contributed by atoms with van der Waals surface area (Å²) >= 11 is 0. The van der Waals surface area contributed by atoms with Crippen molar-refractivity contribution in [3.8, 4) is 17.2 Å². The molecule has 1 unspecified atom stereocenters. The molecule has 0 radical (unpaired) electrons. The average Bonchev–Trinajstić information content (AvgIpc) is 4.15. The van der Waals surface area contributed by atoms with Gasteiger partial charge in [-0.25, -0.2) is 9.59 Å².